The van der Waals surface area contributed by atoms with Crippen molar-refractivity contribution >= 4 is 30.1 Å². The van der Waals surface area contributed by atoms with Gasteiger partial charge in [0, 0.05) is 38.0 Å². The van der Waals surface area contributed by atoms with Crippen molar-refractivity contribution in [2.24, 2.45) is 5.73 Å². The van der Waals surface area contributed by atoms with E-state index in [9.17, 15) is 29.1 Å². The lowest BCUT2D eigenvalue weighted by Crippen LogP contribution is -2.53. The molecule has 2 aromatic rings. The molecule has 2 aromatic carbocycles. The third kappa shape index (κ3) is 11.5. The molecule has 13 heteroatoms. The van der Waals surface area contributed by atoms with Gasteiger partial charge in [-0.25, -0.2) is 14.4 Å². The van der Waals surface area contributed by atoms with Crippen LogP contribution in [-0.4, -0.2) is 83.0 Å². The summed E-state index contributed by atoms with van der Waals surface area (Å²) in [5.74, 6) is -1.64. The number of nitrogens with two attached hydrogens (primary N) is 1. The summed E-state index contributed by atoms with van der Waals surface area (Å²) in [7, 11) is 0. The Kier molecular flexibility index (Phi) is 12.8. The monoisotopic (exact) mass is 667 g/mol. The number of nitrogens with one attached hydrogen (secondary N) is 3. The number of ether oxygens (including phenoxy) is 2. The Morgan fingerprint density at radius 3 is 1.90 bits per heavy atom. The predicted octanol–water partition coefficient (Wildman–Crippen LogP) is 4.73. The molecule has 1 aliphatic rings. The van der Waals surface area contributed by atoms with Gasteiger partial charge in [-0.15, -0.1) is 0 Å². The fourth-order valence-electron chi connectivity index (χ4n) is 5.59. The molecule has 2 atom stereocenters. The van der Waals surface area contributed by atoms with Crippen molar-refractivity contribution < 1.29 is 38.6 Å². The molecule has 0 bridgehead atoms. The van der Waals surface area contributed by atoms with Crippen molar-refractivity contribution in [3.8, 4) is 11.1 Å². The van der Waals surface area contributed by atoms with E-state index in [1.807, 2.05) is 48.5 Å². The largest absolute Gasteiger partial charge is 0.465 e. The molecule has 0 heterocycles. The number of alkyl carbamates (subject to hydrolysis) is 2. The highest BCUT2D eigenvalue weighted by Gasteiger charge is 2.36. The summed E-state index contributed by atoms with van der Waals surface area (Å²) in [5.41, 5.74) is 7.88. The fraction of sp³-hybridized carbons (Fsp3) is 0.514. The second-order valence-corrected chi connectivity index (χ2v) is 13.8. The van der Waals surface area contributed by atoms with Gasteiger partial charge in [-0.3, -0.25) is 14.5 Å². The van der Waals surface area contributed by atoms with Gasteiger partial charge in [0.2, 0.25) is 11.8 Å². The van der Waals surface area contributed by atoms with Crippen LogP contribution in [0.3, 0.4) is 0 Å². The maximum Gasteiger partial charge on any atom is 0.408 e. The van der Waals surface area contributed by atoms with E-state index in [0.29, 0.717) is 12.8 Å². The molecule has 1 aliphatic carbocycles. The van der Waals surface area contributed by atoms with Gasteiger partial charge in [0.25, 0.3) is 0 Å². The summed E-state index contributed by atoms with van der Waals surface area (Å²) in [6, 6.07) is 13.6. The average Bonchev–Trinajstić information content (AvgIpc) is 3.28. The van der Waals surface area contributed by atoms with Crippen LogP contribution in [0.1, 0.15) is 84.3 Å². The Morgan fingerprint density at radius 2 is 1.38 bits per heavy atom. The van der Waals surface area contributed by atoms with E-state index in [-0.39, 0.29) is 38.4 Å². The molecule has 6 N–H and O–H groups in total. The van der Waals surface area contributed by atoms with E-state index < -0.39 is 53.4 Å². The number of carbonyl (C=O) groups is 5. The van der Waals surface area contributed by atoms with Crippen LogP contribution < -0.4 is 21.7 Å². The van der Waals surface area contributed by atoms with Crippen molar-refractivity contribution in [1.82, 2.24) is 20.9 Å². The van der Waals surface area contributed by atoms with E-state index in [0.717, 1.165) is 27.2 Å². The SMILES string of the molecule is CC(C)(C)OC(=O)NCCC[C@@H](CNC(=O)[C@H](CCC(N)=O)N(CC1c2ccccc2-c2ccccc21)C(=O)O)NC(=O)OC(C)(C)C. The lowest BCUT2D eigenvalue weighted by Gasteiger charge is -2.32. The van der Waals surface area contributed by atoms with Crippen LogP contribution in [0.15, 0.2) is 48.5 Å². The second kappa shape index (κ2) is 16.3. The first kappa shape index (κ1) is 37.6. The molecule has 0 radical (unpaired) electrons. The molecule has 0 saturated carbocycles. The minimum Gasteiger partial charge on any atom is -0.465 e. The van der Waals surface area contributed by atoms with Crippen LogP contribution in [0.4, 0.5) is 14.4 Å². The highest BCUT2D eigenvalue weighted by atomic mass is 16.6. The van der Waals surface area contributed by atoms with Crippen molar-refractivity contribution in [3.05, 3.63) is 59.7 Å². The third-order valence-corrected chi connectivity index (χ3v) is 7.57. The molecule has 262 valence electrons. The number of hydrogen-bond donors (Lipinski definition) is 5. The third-order valence-electron chi connectivity index (χ3n) is 7.57. The maximum absolute atomic E-state index is 13.8. The average molecular weight is 668 g/mol. The van der Waals surface area contributed by atoms with Gasteiger partial charge in [-0.05, 0) is 83.1 Å². The van der Waals surface area contributed by atoms with Gasteiger partial charge in [0.05, 0.1) is 0 Å². The van der Waals surface area contributed by atoms with Crippen LogP contribution in [-0.2, 0) is 19.1 Å². The lowest BCUT2D eigenvalue weighted by molar-refractivity contribution is -0.126. The number of fused-ring (bicyclic) bond motifs is 3. The molecule has 13 nitrogen and oxygen atoms in total. The standard InChI is InChI=1S/C35H49N5O8/c1-34(2,3)47-31(43)37-19-11-12-22(39-32(44)48-35(4,5)6)20-38-30(42)28(17-18-29(36)41)40(33(45)46)21-27-25-15-9-7-13-23(25)24-14-8-10-16-26(24)27/h7-10,13-16,22,27-28H,11-12,17-21H2,1-6H3,(H2,36,41)(H,37,43)(H,38,42)(H,39,44)(H,45,46)/t22-,28-/m0/s1. The highest BCUT2D eigenvalue weighted by molar-refractivity contribution is 5.87. The summed E-state index contributed by atoms with van der Waals surface area (Å²) >= 11 is 0. The van der Waals surface area contributed by atoms with Crippen molar-refractivity contribution in [2.45, 2.75) is 96.4 Å². The normalized spacial score (nSPS) is 13.7. The van der Waals surface area contributed by atoms with Gasteiger partial charge in [-0.1, -0.05) is 48.5 Å². The van der Waals surface area contributed by atoms with Crippen LogP contribution in [0.25, 0.3) is 11.1 Å². The van der Waals surface area contributed by atoms with Crippen LogP contribution in [0.5, 0.6) is 0 Å². The highest BCUT2D eigenvalue weighted by Crippen LogP contribution is 2.45. The number of benzene rings is 2. The number of nitrogens with zero attached hydrogens (tertiary/aromatic N) is 1. The van der Waals surface area contributed by atoms with Gasteiger partial charge >= 0.3 is 18.3 Å². The Balaban J connectivity index is 1.77. The van der Waals surface area contributed by atoms with Crippen molar-refractivity contribution in [2.75, 3.05) is 19.6 Å². The van der Waals surface area contributed by atoms with Crippen molar-refractivity contribution in [1.29, 1.82) is 0 Å². The quantitative estimate of drug-likeness (QED) is 0.179. The van der Waals surface area contributed by atoms with Crippen LogP contribution in [0, 0.1) is 0 Å². The molecule has 0 spiro atoms. The topological polar surface area (TPSA) is 189 Å². The second-order valence-electron chi connectivity index (χ2n) is 13.8. The summed E-state index contributed by atoms with van der Waals surface area (Å²) in [5, 5.41) is 18.6. The summed E-state index contributed by atoms with van der Waals surface area (Å²) in [6.07, 6.45) is -2.19. The minimum absolute atomic E-state index is 0.0316. The first-order valence-electron chi connectivity index (χ1n) is 16.2. The van der Waals surface area contributed by atoms with E-state index in [1.54, 1.807) is 41.5 Å². The van der Waals surface area contributed by atoms with E-state index in [2.05, 4.69) is 16.0 Å². The zero-order valence-corrected chi connectivity index (χ0v) is 28.6. The minimum atomic E-state index is -1.32. The molecule has 0 unspecified atom stereocenters. The Hall–Kier alpha value is -4.81. The smallest absolute Gasteiger partial charge is 0.408 e. The van der Waals surface area contributed by atoms with Crippen molar-refractivity contribution in [3.63, 3.8) is 0 Å². The molecule has 0 aromatic heterocycles. The number of carbonyl (C=O) groups excluding carboxylic acids is 4. The number of amides is 5. The van der Waals surface area contributed by atoms with E-state index in [4.69, 9.17) is 15.2 Å². The predicted molar refractivity (Wildman–Crippen MR) is 180 cm³/mol. The van der Waals surface area contributed by atoms with E-state index in [1.165, 1.54) is 0 Å². The molecule has 0 fully saturated rings. The summed E-state index contributed by atoms with van der Waals surface area (Å²) in [4.78, 5) is 64.0. The van der Waals surface area contributed by atoms with Crippen LogP contribution in [0.2, 0.25) is 0 Å². The van der Waals surface area contributed by atoms with Gasteiger partial charge in [0.1, 0.15) is 17.2 Å². The van der Waals surface area contributed by atoms with E-state index >= 15 is 0 Å². The molecule has 5 amide bonds. The Morgan fingerprint density at radius 1 is 0.833 bits per heavy atom. The number of hydrogen-bond acceptors (Lipinski definition) is 7. The number of primary amides is 1. The molecular weight excluding hydrogens is 618 g/mol. The van der Waals surface area contributed by atoms with Gasteiger partial charge < -0.3 is 36.3 Å². The first-order valence-corrected chi connectivity index (χ1v) is 16.2. The fourth-order valence-corrected chi connectivity index (χ4v) is 5.59. The number of rotatable bonds is 14. The molecule has 0 aliphatic heterocycles. The first-order chi connectivity index (χ1) is 22.4. The Bertz CT molecular complexity index is 1420. The molecular formula is C35H49N5O8. The van der Waals surface area contributed by atoms with Gasteiger partial charge in [0.15, 0.2) is 0 Å². The summed E-state index contributed by atoms with van der Waals surface area (Å²) in [6.45, 7) is 10.6. The van der Waals surface area contributed by atoms with Crippen LogP contribution >= 0.6 is 0 Å². The number of carboxylic acid groups (broad SMARTS) is 1. The molecule has 3 rings (SSSR count). The molecule has 48 heavy (non-hydrogen) atoms. The van der Waals surface area contributed by atoms with Gasteiger partial charge in [-0.2, -0.15) is 0 Å². The summed E-state index contributed by atoms with van der Waals surface area (Å²) < 4.78 is 10.7. The lowest BCUT2D eigenvalue weighted by atomic mass is 9.95. The Labute approximate surface area is 281 Å². The maximum atomic E-state index is 13.8. The molecule has 0 saturated heterocycles. The zero-order valence-electron chi connectivity index (χ0n) is 28.6. The zero-order chi connectivity index (χ0) is 35.6.